The minimum atomic E-state index is -0.823. The van der Waals surface area contributed by atoms with Gasteiger partial charge in [0.1, 0.15) is 5.54 Å². The highest BCUT2D eigenvalue weighted by Crippen LogP contribution is 2.20. The second-order valence-electron chi connectivity index (χ2n) is 5.33. The van der Waals surface area contributed by atoms with Crippen LogP contribution in [0.25, 0.3) is 0 Å². The molecule has 1 saturated heterocycles. The molecule has 0 bridgehead atoms. The molecule has 0 aliphatic carbocycles. The number of ether oxygens (including phenoxy) is 2. The van der Waals surface area contributed by atoms with E-state index in [0.717, 1.165) is 12.8 Å². The maximum atomic E-state index is 12.0. The van der Waals surface area contributed by atoms with Gasteiger partial charge in [-0.2, -0.15) is 0 Å². The van der Waals surface area contributed by atoms with E-state index < -0.39 is 5.54 Å². The highest BCUT2D eigenvalue weighted by atomic mass is 16.5. The van der Waals surface area contributed by atoms with E-state index in [1.165, 1.54) is 19.3 Å². The topological polar surface area (TPSA) is 61.5 Å². The molecule has 18 heavy (non-hydrogen) atoms. The molecule has 0 radical (unpaired) electrons. The first-order valence-corrected chi connectivity index (χ1v) is 7.16. The van der Waals surface area contributed by atoms with Crippen LogP contribution in [0, 0.1) is 0 Å². The predicted molar refractivity (Wildman–Crippen MR) is 71.3 cm³/mol. The van der Waals surface area contributed by atoms with Crippen LogP contribution in [0.3, 0.4) is 0 Å². The molecule has 1 atom stereocenters. The summed E-state index contributed by atoms with van der Waals surface area (Å²) in [6.45, 7) is 5.24. The molecule has 0 aromatic heterocycles. The van der Waals surface area contributed by atoms with Crippen molar-refractivity contribution in [3.63, 3.8) is 0 Å². The monoisotopic (exact) mass is 257 g/mol. The van der Waals surface area contributed by atoms with Crippen molar-refractivity contribution in [1.29, 1.82) is 0 Å². The molecule has 1 aliphatic heterocycles. The van der Waals surface area contributed by atoms with Crippen LogP contribution in [0.4, 0.5) is 0 Å². The number of rotatable bonds is 7. The Labute approximate surface area is 110 Å². The normalized spacial score (nSPS) is 20.4. The summed E-state index contributed by atoms with van der Waals surface area (Å²) in [6, 6.07) is 0. The van der Waals surface area contributed by atoms with Crippen molar-refractivity contribution in [2.45, 2.75) is 70.4 Å². The number of hydrogen-bond acceptors (Lipinski definition) is 4. The molecule has 4 nitrogen and oxygen atoms in total. The zero-order valence-electron chi connectivity index (χ0n) is 11.7. The summed E-state index contributed by atoms with van der Waals surface area (Å²) in [7, 11) is 0. The maximum Gasteiger partial charge on any atom is 0.326 e. The van der Waals surface area contributed by atoms with Crippen molar-refractivity contribution in [2.24, 2.45) is 5.73 Å². The van der Waals surface area contributed by atoms with E-state index in [1.807, 2.05) is 6.92 Å². The molecule has 1 aliphatic rings. The third-order valence-corrected chi connectivity index (χ3v) is 3.56. The van der Waals surface area contributed by atoms with Crippen molar-refractivity contribution in [2.75, 3.05) is 13.2 Å². The van der Waals surface area contributed by atoms with Gasteiger partial charge in [0, 0.05) is 13.2 Å². The number of esters is 1. The second kappa shape index (κ2) is 7.74. The van der Waals surface area contributed by atoms with Crippen molar-refractivity contribution < 1.29 is 14.3 Å². The fourth-order valence-corrected chi connectivity index (χ4v) is 2.16. The fraction of sp³-hybridized carbons (Fsp3) is 0.929. The highest BCUT2D eigenvalue weighted by Gasteiger charge is 2.38. The Morgan fingerprint density at radius 2 is 2.00 bits per heavy atom. The maximum absolute atomic E-state index is 12.0. The summed E-state index contributed by atoms with van der Waals surface area (Å²) < 4.78 is 10.7. The van der Waals surface area contributed by atoms with E-state index in [-0.39, 0.29) is 12.1 Å². The molecule has 0 aromatic rings. The lowest BCUT2D eigenvalue weighted by molar-refractivity contribution is -0.158. The summed E-state index contributed by atoms with van der Waals surface area (Å²) >= 11 is 0. The average Bonchev–Trinajstić information content (AvgIpc) is 2.35. The molecule has 1 rings (SSSR count). The molecular weight excluding hydrogens is 230 g/mol. The van der Waals surface area contributed by atoms with Crippen molar-refractivity contribution in [3.8, 4) is 0 Å². The predicted octanol–water partition coefficient (Wildman–Crippen LogP) is 2.40. The van der Waals surface area contributed by atoms with Crippen LogP contribution in [0.1, 0.15) is 58.8 Å². The zero-order valence-corrected chi connectivity index (χ0v) is 11.7. The minimum absolute atomic E-state index is 0.0300. The Kier molecular flexibility index (Phi) is 6.65. The van der Waals surface area contributed by atoms with Crippen LogP contribution >= 0.6 is 0 Å². The molecule has 2 N–H and O–H groups in total. The number of nitrogens with two attached hydrogens (primary N) is 1. The lowest BCUT2D eigenvalue weighted by atomic mass is 9.91. The van der Waals surface area contributed by atoms with Gasteiger partial charge in [-0.05, 0) is 32.6 Å². The van der Waals surface area contributed by atoms with Crippen molar-refractivity contribution in [1.82, 2.24) is 0 Å². The summed E-state index contributed by atoms with van der Waals surface area (Å²) in [6.07, 6.45) is 6.82. The second-order valence-corrected chi connectivity index (χ2v) is 5.33. The third-order valence-electron chi connectivity index (χ3n) is 3.56. The van der Waals surface area contributed by atoms with Gasteiger partial charge in [0.05, 0.1) is 6.10 Å². The van der Waals surface area contributed by atoms with E-state index in [4.69, 9.17) is 15.2 Å². The van der Waals surface area contributed by atoms with Crippen LogP contribution in [-0.2, 0) is 14.3 Å². The Hall–Kier alpha value is -0.610. The molecular formula is C14H27NO3. The molecule has 0 saturated carbocycles. The van der Waals surface area contributed by atoms with Crippen LogP contribution in [0.5, 0.6) is 0 Å². The fourth-order valence-electron chi connectivity index (χ4n) is 2.16. The van der Waals surface area contributed by atoms with E-state index in [1.54, 1.807) is 0 Å². The van der Waals surface area contributed by atoms with E-state index in [2.05, 4.69) is 6.92 Å². The quantitative estimate of drug-likeness (QED) is 0.562. The Bertz CT molecular complexity index is 249. The van der Waals surface area contributed by atoms with Crippen LogP contribution in [0.15, 0.2) is 0 Å². The van der Waals surface area contributed by atoms with Gasteiger partial charge >= 0.3 is 5.97 Å². The van der Waals surface area contributed by atoms with Gasteiger partial charge in [0.15, 0.2) is 0 Å². The van der Waals surface area contributed by atoms with Gasteiger partial charge in [0.2, 0.25) is 0 Å². The summed E-state index contributed by atoms with van der Waals surface area (Å²) in [5.41, 5.74) is 5.25. The Morgan fingerprint density at radius 1 is 1.33 bits per heavy atom. The standard InChI is InChI=1S/C14H27NO3/c1-3-4-5-6-7-12(2)18-13(16)14(15)8-10-17-11-9-14/h12H,3-11,15H2,1-2H3. The van der Waals surface area contributed by atoms with Gasteiger partial charge < -0.3 is 15.2 Å². The smallest absolute Gasteiger partial charge is 0.326 e. The third kappa shape index (κ3) is 4.94. The van der Waals surface area contributed by atoms with Gasteiger partial charge in [-0.15, -0.1) is 0 Å². The molecule has 0 spiro atoms. The van der Waals surface area contributed by atoms with Crippen LogP contribution < -0.4 is 5.73 Å². The average molecular weight is 257 g/mol. The first-order valence-electron chi connectivity index (χ1n) is 7.16. The lowest BCUT2D eigenvalue weighted by Crippen LogP contribution is -2.53. The van der Waals surface area contributed by atoms with E-state index >= 15 is 0 Å². The molecule has 0 amide bonds. The van der Waals surface area contributed by atoms with Crippen molar-refractivity contribution in [3.05, 3.63) is 0 Å². The van der Waals surface area contributed by atoms with E-state index in [0.29, 0.717) is 26.1 Å². The highest BCUT2D eigenvalue weighted by molar-refractivity contribution is 5.80. The summed E-state index contributed by atoms with van der Waals surface area (Å²) in [5.74, 6) is -0.256. The van der Waals surface area contributed by atoms with Gasteiger partial charge in [-0.1, -0.05) is 26.2 Å². The Morgan fingerprint density at radius 3 is 2.61 bits per heavy atom. The number of unbranched alkanes of at least 4 members (excludes halogenated alkanes) is 3. The molecule has 0 aromatic carbocycles. The Balaban J connectivity index is 2.25. The first kappa shape index (κ1) is 15.4. The SMILES string of the molecule is CCCCCCC(C)OC(=O)C1(N)CCOCC1. The van der Waals surface area contributed by atoms with Gasteiger partial charge in [-0.25, -0.2) is 0 Å². The van der Waals surface area contributed by atoms with Gasteiger partial charge in [0.25, 0.3) is 0 Å². The minimum Gasteiger partial charge on any atom is -0.461 e. The lowest BCUT2D eigenvalue weighted by Gasteiger charge is -2.32. The number of carbonyl (C=O) groups is 1. The number of carbonyl (C=O) groups excluding carboxylic acids is 1. The zero-order chi connectivity index (χ0) is 13.4. The first-order chi connectivity index (χ1) is 8.58. The molecule has 1 unspecified atom stereocenters. The molecule has 1 heterocycles. The summed E-state index contributed by atoms with van der Waals surface area (Å²) in [4.78, 5) is 12.0. The van der Waals surface area contributed by atoms with Crippen LogP contribution in [0.2, 0.25) is 0 Å². The van der Waals surface area contributed by atoms with Crippen LogP contribution in [-0.4, -0.2) is 30.8 Å². The number of hydrogen-bond donors (Lipinski definition) is 1. The largest absolute Gasteiger partial charge is 0.461 e. The van der Waals surface area contributed by atoms with Gasteiger partial charge in [-0.3, -0.25) is 4.79 Å². The molecule has 1 fully saturated rings. The van der Waals surface area contributed by atoms with Crippen molar-refractivity contribution >= 4 is 5.97 Å². The molecule has 106 valence electrons. The summed E-state index contributed by atoms with van der Waals surface area (Å²) in [5, 5.41) is 0. The van der Waals surface area contributed by atoms with E-state index in [9.17, 15) is 4.79 Å². The molecule has 4 heteroatoms.